The lowest BCUT2D eigenvalue weighted by atomic mass is 9.88. The minimum atomic E-state index is -0.666. The Morgan fingerprint density at radius 3 is 2.56 bits per heavy atom. The van der Waals surface area contributed by atoms with Gasteiger partial charge in [0.25, 0.3) is 0 Å². The van der Waals surface area contributed by atoms with Crippen molar-refractivity contribution in [3.8, 4) is 11.5 Å². The van der Waals surface area contributed by atoms with Gasteiger partial charge in [-0.2, -0.15) is 0 Å². The van der Waals surface area contributed by atoms with Crippen LogP contribution < -0.4 is 10.5 Å². The van der Waals surface area contributed by atoms with Gasteiger partial charge in [-0.15, -0.1) is 0 Å². The van der Waals surface area contributed by atoms with Gasteiger partial charge in [0, 0.05) is 23.1 Å². The maximum absolute atomic E-state index is 13.2. The van der Waals surface area contributed by atoms with E-state index < -0.39 is 5.82 Å². The van der Waals surface area contributed by atoms with Crippen LogP contribution in [-0.2, 0) is 5.41 Å². The topological polar surface area (TPSA) is 55.5 Å². The average Bonchev–Trinajstić information content (AvgIpc) is 3.02. The zero-order valence-corrected chi connectivity index (χ0v) is 9.46. The predicted molar refractivity (Wildman–Crippen MR) is 59.2 cm³/mol. The molecule has 4 heteroatoms. The predicted octanol–water partition coefficient (Wildman–Crippen LogP) is 1.92. The van der Waals surface area contributed by atoms with E-state index in [0.29, 0.717) is 5.75 Å². The molecule has 1 aromatic carbocycles. The first kappa shape index (κ1) is 11.2. The van der Waals surface area contributed by atoms with Crippen LogP contribution in [0.4, 0.5) is 4.39 Å². The molecule has 0 radical (unpaired) electrons. The number of phenols is 1. The van der Waals surface area contributed by atoms with Crippen molar-refractivity contribution in [2.75, 3.05) is 7.11 Å². The van der Waals surface area contributed by atoms with E-state index in [1.54, 1.807) is 0 Å². The quantitative estimate of drug-likeness (QED) is 0.826. The van der Waals surface area contributed by atoms with Crippen molar-refractivity contribution in [3.05, 3.63) is 23.5 Å². The van der Waals surface area contributed by atoms with E-state index in [0.717, 1.165) is 18.4 Å². The third kappa shape index (κ3) is 1.53. The molecule has 88 valence electrons. The molecule has 0 spiro atoms. The fourth-order valence-electron chi connectivity index (χ4n) is 2.21. The van der Waals surface area contributed by atoms with Crippen LogP contribution in [0.3, 0.4) is 0 Å². The van der Waals surface area contributed by atoms with E-state index >= 15 is 0 Å². The molecule has 1 fully saturated rings. The number of hydrogen-bond donors (Lipinski definition) is 2. The number of rotatable bonds is 3. The molecule has 0 amide bonds. The molecular formula is C12H16FNO2. The van der Waals surface area contributed by atoms with Crippen molar-refractivity contribution in [1.29, 1.82) is 0 Å². The van der Waals surface area contributed by atoms with Crippen LogP contribution in [-0.4, -0.2) is 18.3 Å². The summed E-state index contributed by atoms with van der Waals surface area (Å²) in [5, 5.41) is 9.42. The monoisotopic (exact) mass is 225 g/mol. The largest absolute Gasteiger partial charge is 0.505 e. The van der Waals surface area contributed by atoms with Crippen molar-refractivity contribution >= 4 is 0 Å². The third-order valence-electron chi connectivity index (χ3n) is 3.47. The molecule has 0 heterocycles. The average molecular weight is 225 g/mol. The zero-order chi connectivity index (χ0) is 11.9. The standard InChI is InChI=1S/C12H16FNO2/c1-7(14)12(3-4-12)8-5-10(15)9(13)6-11(8)16-2/h5-7,15H,3-4,14H2,1-2H3. The Hall–Kier alpha value is -1.29. The van der Waals surface area contributed by atoms with Crippen molar-refractivity contribution in [2.24, 2.45) is 5.73 Å². The van der Waals surface area contributed by atoms with Gasteiger partial charge in [-0.25, -0.2) is 4.39 Å². The summed E-state index contributed by atoms with van der Waals surface area (Å²) in [6.07, 6.45) is 1.90. The smallest absolute Gasteiger partial charge is 0.168 e. The van der Waals surface area contributed by atoms with Crippen molar-refractivity contribution in [1.82, 2.24) is 0 Å². The number of phenolic OH excluding ortho intramolecular Hbond substituents is 1. The molecule has 1 aliphatic rings. The summed E-state index contributed by atoms with van der Waals surface area (Å²) < 4.78 is 18.3. The van der Waals surface area contributed by atoms with Crippen molar-refractivity contribution in [3.63, 3.8) is 0 Å². The summed E-state index contributed by atoms with van der Waals surface area (Å²) in [6.45, 7) is 1.92. The van der Waals surface area contributed by atoms with Crippen LogP contribution in [0.15, 0.2) is 12.1 Å². The highest BCUT2D eigenvalue weighted by atomic mass is 19.1. The van der Waals surface area contributed by atoms with E-state index in [4.69, 9.17) is 10.5 Å². The summed E-state index contributed by atoms with van der Waals surface area (Å²) in [6, 6.07) is 2.61. The van der Waals surface area contributed by atoms with E-state index in [9.17, 15) is 9.50 Å². The van der Waals surface area contributed by atoms with E-state index in [-0.39, 0.29) is 17.2 Å². The number of hydrogen-bond acceptors (Lipinski definition) is 3. The Labute approximate surface area is 94.0 Å². The molecule has 2 rings (SSSR count). The summed E-state index contributed by atoms with van der Waals surface area (Å²) >= 11 is 0. The lowest BCUT2D eigenvalue weighted by Gasteiger charge is -2.22. The molecule has 0 aromatic heterocycles. The Bertz CT molecular complexity index is 414. The first-order chi connectivity index (χ1) is 7.51. The lowest BCUT2D eigenvalue weighted by Crippen LogP contribution is -2.31. The Balaban J connectivity index is 2.52. The van der Waals surface area contributed by atoms with Gasteiger partial charge >= 0.3 is 0 Å². The highest BCUT2D eigenvalue weighted by Crippen LogP contribution is 2.54. The maximum atomic E-state index is 13.2. The highest BCUT2D eigenvalue weighted by Gasteiger charge is 2.49. The molecule has 0 aliphatic heterocycles. The fraction of sp³-hybridized carbons (Fsp3) is 0.500. The van der Waals surface area contributed by atoms with Crippen LogP contribution in [0.1, 0.15) is 25.3 Å². The van der Waals surface area contributed by atoms with Crippen LogP contribution in [0.25, 0.3) is 0 Å². The number of methoxy groups -OCH3 is 1. The molecule has 1 unspecified atom stereocenters. The van der Waals surface area contributed by atoms with Gasteiger partial charge in [0.05, 0.1) is 7.11 Å². The fourth-order valence-corrected chi connectivity index (χ4v) is 2.21. The number of nitrogens with two attached hydrogens (primary N) is 1. The second kappa shape index (κ2) is 3.63. The van der Waals surface area contributed by atoms with Gasteiger partial charge < -0.3 is 15.6 Å². The minimum Gasteiger partial charge on any atom is -0.505 e. The zero-order valence-electron chi connectivity index (χ0n) is 9.46. The molecular weight excluding hydrogens is 209 g/mol. The first-order valence-electron chi connectivity index (χ1n) is 5.34. The SMILES string of the molecule is COc1cc(F)c(O)cc1C1(C(C)N)CC1. The van der Waals surface area contributed by atoms with E-state index in [2.05, 4.69) is 0 Å². The number of aromatic hydroxyl groups is 1. The van der Waals surface area contributed by atoms with Gasteiger partial charge in [-0.1, -0.05) is 0 Å². The third-order valence-corrected chi connectivity index (χ3v) is 3.47. The normalized spacial score (nSPS) is 19.2. The first-order valence-corrected chi connectivity index (χ1v) is 5.34. The molecule has 1 atom stereocenters. The van der Waals surface area contributed by atoms with Crippen LogP contribution in [0, 0.1) is 5.82 Å². The van der Waals surface area contributed by atoms with Crippen molar-refractivity contribution in [2.45, 2.75) is 31.2 Å². The van der Waals surface area contributed by atoms with E-state index in [1.807, 2.05) is 6.92 Å². The summed E-state index contributed by atoms with van der Waals surface area (Å²) in [4.78, 5) is 0. The number of ether oxygens (including phenoxy) is 1. The Morgan fingerprint density at radius 1 is 1.50 bits per heavy atom. The lowest BCUT2D eigenvalue weighted by molar-refractivity contribution is 0.383. The maximum Gasteiger partial charge on any atom is 0.168 e. The second-order valence-corrected chi connectivity index (χ2v) is 4.45. The Kier molecular flexibility index (Phi) is 2.54. The summed E-state index contributed by atoms with van der Waals surface area (Å²) in [5.74, 6) is -0.547. The number of benzene rings is 1. The molecule has 3 nitrogen and oxygen atoms in total. The van der Waals surface area contributed by atoms with Crippen molar-refractivity contribution < 1.29 is 14.2 Å². The summed E-state index contributed by atoms with van der Waals surface area (Å²) in [5.41, 5.74) is 6.60. The second-order valence-electron chi connectivity index (χ2n) is 4.45. The molecule has 1 aliphatic carbocycles. The van der Waals surface area contributed by atoms with Gasteiger partial charge in [0.2, 0.25) is 0 Å². The molecule has 1 saturated carbocycles. The highest BCUT2D eigenvalue weighted by molar-refractivity contribution is 5.49. The summed E-state index contributed by atoms with van der Waals surface area (Å²) in [7, 11) is 1.49. The number of halogens is 1. The molecule has 0 bridgehead atoms. The van der Waals surface area contributed by atoms with Gasteiger partial charge in [-0.3, -0.25) is 0 Å². The van der Waals surface area contributed by atoms with Gasteiger partial charge in [0.1, 0.15) is 5.75 Å². The molecule has 16 heavy (non-hydrogen) atoms. The van der Waals surface area contributed by atoms with Crippen LogP contribution in [0.2, 0.25) is 0 Å². The minimum absolute atomic E-state index is 0.0359. The van der Waals surface area contributed by atoms with Gasteiger partial charge in [0.15, 0.2) is 11.6 Å². The molecule has 3 N–H and O–H groups in total. The van der Waals surface area contributed by atoms with E-state index in [1.165, 1.54) is 19.2 Å². The van der Waals surface area contributed by atoms with Crippen LogP contribution >= 0.6 is 0 Å². The Morgan fingerprint density at radius 2 is 2.12 bits per heavy atom. The molecule has 1 aromatic rings. The van der Waals surface area contributed by atoms with Gasteiger partial charge in [-0.05, 0) is 25.8 Å². The van der Waals surface area contributed by atoms with Crippen LogP contribution in [0.5, 0.6) is 11.5 Å². The molecule has 0 saturated heterocycles.